The molecule has 7 nitrogen and oxygen atoms in total. The molecule has 3 rings (SSSR count). The topological polar surface area (TPSA) is 73.3 Å². The van der Waals surface area contributed by atoms with Crippen LogP contribution in [-0.2, 0) is 14.3 Å². The van der Waals surface area contributed by atoms with E-state index in [0.29, 0.717) is 26.1 Å². The van der Waals surface area contributed by atoms with Crippen molar-refractivity contribution in [3.05, 3.63) is 12.2 Å². The van der Waals surface area contributed by atoms with E-state index in [9.17, 15) is 14.7 Å². The van der Waals surface area contributed by atoms with Crippen molar-refractivity contribution in [2.45, 2.75) is 51.7 Å². The molecule has 158 valence electrons. The van der Waals surface area contributed by atoms with E-state index in [2.05, 4.69) is 4.90 Å². The standard InChI is InChI=1S/C21H35N3O4/c1-17(25)24-16-21(15-18(26)20(24,2)3)6-9-23(10-7-21)19(27)5-4-8-22-11-13-28-14-12-22/h4-5,18,26H,6-16H2,1-3H3/b5-4+. The van der Waals surface area contributed by atoms with E-state index in [1.165, 1.54) is 0 Å². The van der Waals surface area contributed by atoms with E-state index >= 15 is 0 Å². The van der Waals surface area contributed by atoms with Gasteiger partial charge in [0.05, 0.1) is 24.9 Å². The fraction of sp³-hybridized carbons (Fsp3) is 0.810. The summed E-state index contributed by atoms with van der Waals surface area (Å²) in [6.45, 7) is 11.6. The highest BCUT2D eigenvalue weighted by molar-refractivity contribution is 5.87. The summed E-state index contributed by atoms with van der Waals surface area (Å²) in [5, 5.41) is 10.7. The lowest BCUT2D eigenvalue weighted by Crippen LogP contribution is -2.64. The first-order valence-corrected chi connectivity index (χ1v) is 10.5. The Kier molecular flexibility index (Phi) is 6.47. The largest absolute Gasteiger partial charge is 0.391 e. The van der Waals surface area contributed by atoms with Crippen LogP contribution in [0.4, 0.5) is 0 Å². The van der Waals surface area contributed by atoms with Crippen molar-refractivity contribution in [2.24, 2.45) is 5.41 Å². The molecule has 3 aliphatic heterocycles. The maximum atomic E-state index is 12.5. The van der Waals surface area contributed by atoms with Crippen molar-refractivity contribution < 1.29 is 19.4 Å². The van der Waals surface area contributed by atoms with E-state index < -0.39 is 11.6 Å². The number of ether oxygens (including phenoxy) is 1. The van der Waals surface area contributed by atoms with Crippen molar-refractivity contribution in [1.29, 1.82) is 0 Å². The number of morpholine rings is 1. The first kappa shape index (κ1) is 21.3. The minimum Gasteiger partial charge on any atom is -0.391 e. The number of aliphatic hydroxyl groups is 1. The number of nitrogens with zero attached hydrogens (tertiary/aromatic N) is 3. The molecule has 2 amide bonds. The van der Waals surface area contributed by atoms with Gasteiger partial charge in [0.2, 0.25) is 11.8 Å². The number of aliphatic hydroxyl groups excluding tert-OH is 1. The highest BCUT2D eigenvalue weighted by Crippen LogP contribution is 2.45. The molecule has 3 saturated heterocycles. The van der Waals surface area contributed by atoms with Gasteiger partial charge in [-0.15, -0.1) is 0 Å². The number of hydrogen-bond donors (Lipinski definition) is 1. The van der Waals surface area contributed by atoms with Gasteiger partial charge < -0.3 is 19.6 Å². The molecule has 7 heteroatoms. The first-order chi connectivity index (χ1) is 13.2. The van der Waals surface area contributed by atoms with E-state index in [1.54, 1.807) is 13.0 Å². The van der Waals surface area contributed by atoms with Crippen LogP contribution in [0.25, 0.3) is 0 Å². The Balaban J connectivity index is 1.53. The molecule has 0 saturated carbocycles. The summed E-state index contributed by atoms with van der Waals surface area (Å²) in [5.74, 6) is 0.0656. The van der Waals surface area contributed by atoms with Crippen LogP contribution in [-0.4, -0.2) is 95.7 Å². The molecule has 1 N–H and O–H groups in total. The van der Waals surface area contributed by atoms with Gasteiger partial charge in [0.25, 0.3) is 0 Å². The van der Waals surface area contributed by atoms with Gasteiger partial charge in [-0.2, -0.15) is 0 Å². The van der Waals surface area contributed by atoms with Gasteiger partial charge in [0, 0.05) is 52.3 Å². The number of likely N-dealkylation sites (tertiary alicyclic amines) is 2. The molecule has 0 aromatic rings. The minimum atomic E-state index is -0.541. The molecule has 3 fully saturated rings. The molecule has 0 aromatic carbocycles. The van der Waals surface area contributed by atoms with Crippen LogP contribution >= 0.6 is 0 Å². The fourth-order valence-electron chi connectivity index (χ4n) is 4.72. The van der Waals surface area contributed by atoms with Crippen LogP contribution in [0.1, 0.15) is 40.0 Å². The van der Waals surface area contributed by atoms with Gasteiger partial charge in [-0.25, -0.2) is 0 Å². The van der Waals surface area contributed by atoms with Crippen LogP contribution in [0, 0.1) is 5.41 Å². The number of carbonyl (C=O) groups is 2. The summed E-state index contributed by atoms with van der Waals surface area (Å²) < 4.78 is 5.34. The lowest BCUT2D eigenvalue weighted by atomic mass is 9.67. The monoisotopic (exact) mass is 393 g/mol. The summed E-state index contributed by atoms with van der Waals surface area (Å²) in [4.78, 5) is 30.7. The van der Waals surface area contributed by atoms with Gasteiger partial charge >= 0.3 is 0 Å². The number of rotatable bonds is 3. The van der Waals surface area contributed by atoms with Gasteiger partial charge in [0.1, 0.15) is 0 Å². The molecule has 28 heavy (non-hydrogen) atoms. The highest BCUT2D eigenvalue weighted by Gasteiger charge is 2.50. The summed E-state index contributed by atoms with van der Waals surface area (Å²) in [6.07, 6.45) is 5.44. The van der Waals surface area contributed by atoms with E-state index in [0.717, 1.165) is 45.7 Å². The lowest BCUT2D eigenvalue weighted by molar-refractivity contribution is -0.158. The third-order valence-corrected chi connectivity index (χ3v) is 6.87. The smallest absolute Gasteiger partial charge is 0.246 e. The van der Waals surface area contributed by atoms with Gasteiger partial charge in [-0.1, -0.05) is 6.08 Å². The van der Waals surface area contributed by atoms with Gasteiger partial charge in [-0.3, -0.25) is 14.5 Å². The number of piperidine rings is 2. The zero-order chi connectivity index (χ0) is 20.4. The van der Waals surface area contributed by atoms with E-state index in [4.69, 9.17) is 4.74 Å². The second-order valence-electron chi connectivity index (χ2n) is 9.12. The molecule has 1 atom stereocenters. The lowest BCUT2D eigenvalue weighted by Gasteiger charge is -2.55. The Bertz CT molecular complexity index is 605. The number of carbonyl (C=O) groups excluding carboxylic acids is 2. The Labute approximate surface area is 168 Å². The molecule has 0 radical (unpaired) electrons. The van der Waals surface area contributed by atoms with Crippen molar-refractivity contribution in [2.75, 3.05) is 52.5 Å². The highest BCUT2D eigenvalue weighted by atomic mass is 16.5. The summed E-state index contributed by atoms with van der Waals surface area (Å²) in [5.41, 5.74) is -0.624. The number of amides is 2. The van der Waals surface area contributed by atoms with Crippen molar-refractivity contribution in [3.8, 4) is 0 Å². The van der Waals surface area contributed by atoms with E-state index in [-0.39, 0.29) is 17.2 Å². The van der Waals surface area contributed by atoms with E-state index in [1.807, 2.05) is 29.7 Å². The average molecular weight is 394 g/mol. The molecule has 0 aromatic heterocycles. The fourth-order valence-corrected chi connectivity index (χ4v) is 4.72. The van der Waals surface area contributed by atoms with Crippen molar-refractivity contribution in [3.63, 3.8) is 0 Å². The minimum absolute atomic E-state index is 0.00711. The van der Waals surface area contributed by atoms with Gasteiger partial charge in [-0.05, 0) is 38.5 Å². The SMILES string of the molecule is CC(=O)N1CC2(CCN(C(=O)/C=C/CN3CCOCC3)CC2)CC(O)C1(C)C. The Morgan fingerprint density at radius 1 is 1.14 bits per heavy atom. The van der Waals surface area contributed by atoms with Gasteiger partial charge in [0.15, 0.2) is 0 Å². The van der Waals surface area contributed by atoms with Crippen LogP contribution < -0.4 is 0 Å². The first-order valence-electron chi connectivity index (χ1n) is 10.5. The van der Waals surface area contributed by atoms with Crippen molar-refractivity contribution >= 4 is 11.8 Å². The molecule has 0 aliphatic carbocycles. The molecular weight excluding hydrogens is 358 g/mol. The normalized spacial score (nSPS) is 28.1. The average Bonchev–Trinajstić information content (AvgIpc) is 2.66. The van der Waals surface area contributed by atoms with Crippen LogP contribution in [0.2, 0.25) is 0 Å². The maximum absolute atomic E-state index is 12.5. The third-order valence-electron chi connectivity index (χ3n) is 6.87. The zero-order valence-corrected chi connectivity index (χ0v) is 17.5. The summed E-state index contributed by atoms with van der Waals surface area (Å²) in [6, 6.07) is 0. The number of hydrogen-bond acceptors (Lipinski definition) is 5. The third kappa shape index (κ3) is 4.58. The Hall–Kier alpha value is -1.44. The second kappa shape index (κ2) is 8.51. The molecular formula is C21H35N3O4. The van der Waals surface area contributed by atoms with Crippen LogP contribution in [0.15, 0.2) is 12.2 Å². The quantitative estimate of drug-likeness (QED) is 0.721. The van der Waals surface area contributed by atoms with Crippen LogP contribution in [0.5, 0.6) is 0 Å². The maximum Gasteiger partial charge on any atom is 0.246 e. The Morgan fingerprint density at radius 2 is 1.79 bits per heavy atom. The molecule has 1 unspecified atom stereocenters. The Morgan fingerprint density at radius 3 is 2.39 bits per heavy atom. The molecule has 3 heterocycles. The summed E-state index contributed by atoms with van der Waals surface area (Å²) >= 11 is 0. The second-order valence-corrected chi connectivity index (χ2v) is 9.12. The predicted molar refractivity (Wildman–Crippen MR) is 107 cm³/mol. The molecule has 0 bridgehead atoms. The van der Waals surface area contributed by atoms with Crippen molar-refractivity contribution in [1.82, 2.24) is 14.7 Å². The summed E-state index contributed by atoms with van der Waals surface area (Å²) in [7, 11) is 0. The predicted octanol–water partition coefficient (Wildman–Crippen LogP) is 0.875. The molecule has 1 spiro atoms. The zero-order valence-electron chi connectivity index (χ0n) is 17.5. The molecule has 3 aliphatic rings. The van der Waals surface area contributed by atoms with Crippen LogP contribution in [0.3, 0.4) is 0 Å².